The van der Waals surface area contributed by atoms with E-state index in [9.17, 15) is 22.8 Å². The first-order valence-corrected chi connectivity index (χ1v) is 4.13. The van der Waals surface area contributed by atoms with E-state index in [4.69, 9.17) is 5.11 Å². The van der Waals surface area contributed by atoms with Crippen molar-refractivity contribution in [2.75, 3.05) is 5.43 Å². The van der Waals surface area contributed by atoms with Gasteiger partial charge in [0.25, 0.3) is 0 Å². The van der Waals surface area contributed by atoms with Crippen LogP contribution in [0.5, 0.6) is 0 Å². The van der Waals surface area contributed by atoms with Crippen LogP contribution in [0, 0.1) is 0 Å². The van der Waals surface area contributed by atoms with Gasteiger partial charge in [-0.15, -0.1) is 0 Å². The fourth-order valence-corrected chi connectivity index (χ4v) is 0.786. The number of carboxylic acids is 1. The highest BCUT2D eigenvalue weighted by Crippen LogP contribution is 2.14. The maximum atomic E-state index is 11.8. The number of carbonyl (C=O) groups is 2. The molecular weight excluding hydrogens is 243 g/mol. The van der Waals surface area contributed by atoms with Crippen molar-refractivity contribution in [1.29, 1.82) is 0 Å². The van der Waals surface area contributed by atoms with Gasteiger partial charge in [-0.25, -0.2) is 9.78 Å². The second kappa shape index (κ2) is 4.68. The highest BCUT2D eigenvalue weighted by atomic mass is 19.4. The van der Waals surface area contributed by atoms with Gasteiger partial charge in [0.1, 0.15) is 5.82 Å². The lowest BCUT2D eigenvalue weighted by molar-refractivity contribution is -0.173. The average Bonchev–Trinajstić information content (AvgIpc) is 2.25. The molecule has 0 aliphatic rings. The third-order valence-electron chi connectivity index (χ3n) is 1.57. The van der Waals surface area contributed by atoms with Gasteiger partial charge in [0, 0.05) is 6.20 Å². The quantitative estimate of drug-likeness (QED) is 0.689. The predicted octanol–water partition coefficient (Wildman–Crippen LogP) is 0.785. The Morgan fingerprint density at radius 3 is 2.35 bits per heavy atom. The number of hydrogen-bond donors (Lipinski definition) is 3. The third kappa shape index (κ3) is 3.63. The molecule has 0 fully saturated rings. The lowest BCUT2D eigenvalue weighted by Gasteiger charge is -2.09. The van der Waals surface area contributed by atoms with E-state index in [2.05, 4.69) is 4.98 Å². The van der Waals surface area contributed by atoms with Crippen LogP contribution in [0.2, 0.25) is 0 Å². The summed E-state index contributed by atoms with van der Waals surface area (Å²) in [5.74, 6) is -3.52. The molecule has 6 nitrogen and oxygen atoms in total. The number of alkyl halides is 3. The lowest BCUT2D eigenvalue weighted by atomic mass is 10.3. The number of amides is 1. The second-order valence-electron chi connectivity index (χ2n) is 2.81. The Morgan fingerprint density at radius 2 is 1.94 bits per heavy atom. The van der Waals surface area contributed by atoms with Gasteiger partial charge in [-0.3, -0.25) is 15.6 Å². The molecular formula is C8H6F3N3O3. The number of nitrogens with one attached hydrogen (secondary N) is 2. The fraction of sp³-hybridized carbons (Fsp3) is 0.125. The number of hydrazine groups is 1. The first-order chi connectivity index (χ1) is 7.80. The molecule has 0 atom stereocenters. The standard InChI is InChI=1S/C8H6F3N3O3/c9-8(10,11)7(17)14-13-5-2-1-4(3-12-5)6(15)16/h1-3H,(H,12,13)(H,14,17)(H,15,16). The molecule has 9 heteroatoms. The molecule has 1 heterocycles. The third-order valence-corrected chi connectivity index (χ3v) is 1.57. The number of halogens is 3. The van der Waals surface area contributed by atoms with E-state index in [0.29, 0.717) is 0 Å². The van der Waals surface area contributed by atoms with Crippen molar-refractivity contribution < 1.29 is 27.9 Å². The van der Waals surface area contributed by atoms with Crippen molar-refractivity contribution in [2.24, 2.45) is 0 Å². The van der Waals surface area contributed by atoms with Crippen LogP contribution in [0.25, 0.3) is 0 Å². The normalized spacial score (nSPS) is 10.8. The highest BCUT2D eigenvalue weighted by Gasteiger charge is 2.38. The van der Waals surface area contributed by atoms with Crippen molar-refractivity contribution in [3.8, 4) is 0 Å². The predicted molar refractivity (Wildman–Crippen MR) is 49.0 cm³/mol. The maximum Gasteiger partial charge on any atom is 0.472 e. The molecule has 0 saturated heterocycles. The van der Waals surface area contributed by atoms with Crippen molar-refractivity contribution in [3.63, 3.8) is 0 Å². The molecule has 1 rings (SSSR count). The number of aromatic carboxylic acids is 1. The van der Waals surface area contributed by atoms with Crippen molar-refractivity contribution in [2.45, 2.75) is 6.18 Å². The number of carboxylic acid groups (broad SMARTS) is 1. The summed E-state index contributed by atoms with van der Waals surface area (Å²) in [7, 11) is 0. The molecule has 0 aliphatic heterocycles. The Kier molecular flexibility index (Phi) is 3.51. The van der Waals surface area contributed by atoms with Crippen molar-refractivity contribution in [1.82, 2.24) is 10.4 Å². The Hall–Kier alpha value is -2.32. The summed E-state index contributed by atoms with van der Waals surface area (Å²) in [6, 6.07) is 2.23. The van der Waals surface area contributed by atoms with Crippen molar-refractivity contribution >= 4 is 17.7 Å². The number of aromatic nitrogens is 1. The van der Waals surface area contributed by atoms with Crippen molar-refractivity contribution in [3.05, 3.63) is 23.9 Å². The van der Waals surface area contributed by atoms with Gasteiger partial charge in [0.05, 0.1) is 5.56 Å². The molecule has 1 aromatic heterocycles. The molecule has 92 valence electrons. The van der Waals surface area contributed by atoms with Gasteiger partial charge in [0.15, 0.2) is 0 Å². The van der Waals surface area contributed by atoms with E-state index in [1.165, 1.54) is 5.43 Å². The van der Waals surface area contributed by atoms with Crippen LogP contribution in [0.15, 0.2) is 18.3 Å². The second-order valence-corrected chi connectivity index (χ2v) is 2.81. The molecule has 0 saturated carbocycles. The topological polar surface area (TPSA) is 91.3 Å². The fourth-order valence-electron chi connectivity index (χ4n) is 0.786. The average molecular weight is 249 g/mol. The summed E-state index contributed by atoms with van der Waals surface area (Å²) < 4.78 is 35.3. The lowest BCUT2D eigenvalue weighted by Crippen LogP contribution is -2.40. The zero-order chi connectivity index (χ0) is 13.1. The Balaban J connectivity index is 2.59. The summed E-state index contributed by atoms with van der Waals surface area (Å²) in [5, 5.41) is 8.52. The largest absolute Gasteiger partial charge is 0.478 e. The smallest absolute Gasteiger partial charge is 0.472 e. The molecule has 0 spiro atoms. The monoisotopic (exact) mass is 249 g/mol. The van der Waals surface area contributed by atoms with E-state index in [1.54, 1.807) is 0 Å². The SMILES string of the molecule is O=C(O)c1ccc(NNC(=O)C(F)(F)F)nc1. The number of hydrogen-bond acceptors (Lipinski definition) is 4. The molecule has 1 amide bonds. The number of pyridine rings is 1. The highest BCUT2D eigenvalue weighted by molar-refractivity contribution is 5.87. The summed E-state index contributed by atoms with van der Waals surface area (Å²) in [4.78, 5) is 24.3. The van der Waals surface area contributed by atoms with Gasteiger partial charge < -0.3 is 5.11 Å². The molecule has 0 aliphatic carbocycles. The van der Waals surface area contributed by atoms with E-state index < -0.39 is 18.1 Å². The van der Waals surface area contributed by atoms with Crippen LogP contribution in [0.4, 0.5) is 19.0 Å². The van der Waals surface area contributed by atoms with Gasteiger partial charge in [-0.2, -0.15) is 13.2 Å². The van der Waals surface area contributed by atoms with E-state index >= 15 is 0 Å². The Bertz CT molecular complexity index is 430. The van der Waals surface area contributed by atoms with Gasteiger partial charge in [-0.05, 0) is 12.1 Å². The molecule has 0 unspecified atom stereocenters. The minimum absolute atomic E-state index is 0.118. The van der Waals surface area contributed by atoms with Crippen LogP contribution in [-0.4, -0.2) is 28.1 Å². The molecule has 0 radical (unpaired) electrons. The number of nitrogens with zero attached hydrogens (tertiary/aromatic N) is 1. The molecule has 17 heavy (non-hydrogen) atoms. The van der Waals surface area contributed by atoms with Crippen LogP contribution >= 0.6 is 0 Å². The molecule has 1 aromatic rings. The van der Waals surface area contributed by atoms with Crippen LogP contribution in [0.3, 0.4) is 0 Å². The number of anilines is 1. The Morgan fingerprint density at radius 1 is 1.29 bits per heavy atom. The first kappa shape index (κ1) is 12.7. The zero-order valence-corrected chi connectivity index (χ0v) is 8.08. The number of rotatable bonds is 3. The summed E-state index contributed by atoms with van der Waals surface area (Å²) >= 11 is 0. The zero-order valence-electron chi connectivity index (χ0n) is 8.08. The summed E-state index contributed by atoms with van der Waals surface area (Å²) in [5.41, 5.74) is 3.13. The molecule has 0 aromatic carbocycles. The molecule has 3 N–H and O–H groups in total. The molecule has 0 bridgehead atoms. The van der Waals surface area contributed by atoms with Gasteiger partial charge >= 0.3 is 18.1 Å². The summed E-state index contributed by atoms with van der Waals surface area (Å²) in [6.45, 7) is 0. The van der Waals surface area contributed by atoms with Crippen LogP contribution in [0.1, 0.15) is 10.4 Å². The van der Waals surface area contributed by atoms with Crippen LogP contribution in [-0.2, 0) is 4.79 Å². The van der Waals surface area contributed by atoms with E-state index in [-0.39, 0.29) is 11.4 Å². The number of carbonyl (C=O) groups excluding carboxylic acids is 1. The Labute approximate surface area is 92.4 Å². The maximum absolute atomic E-state index is 11.8. The summed E-state index contributed by atoms with van der Waals surface area (Å²) in [6.07, 6.45) is -4.07. The van der Waals surface area contributed by atoms with E-state index in [0.717, 1.165) is 18.3 Å². The minimum atomic E-state index is -5.01. The van der Waals surface area contributed by atoms with Gasteiger partial charge in [-0.1, -0.05) is 0 Å². The van der Waals surface area contributed by atoms with Gasteiger partial charge in [0.2, 0.25) is 0 Å². The first-order valence-electron chi connectivity index (χ1n) is 4.13. The van der Waals surface area contributed by atoms with Crippen LogP contribution < -0.4 is 10.9 Å². The minimum Gasteiger partial charge on any atom is -0.478 e. The van der Waals surface area contributed by atoms with E-state index in [1.807, 2.05) is 5.43 Å².